The molecule has 41 heavy (non-hydrogen) atoms. The van der Waals surface area contributed by atoms with Crippen LogP contribution in [0.15, 0.2) is 68.3 Å². The van der Waals surface area contributed by atoms with Gasteiger partial charge in [0.1, 0.15) is 11.5 Å². The number of ether oxygens (including phenoxy) is 2. The summed E-state index contributed by atoms with van der Waals surface area (Å²) in [5, 5.41) is 4.84. The van der Waals surface area contributed by atoms with Gasteiger partial charge in [-0.25, -0.2) is 0 Å². The number of amidine groups is 2. The summed E-state index contributed by atoms with van der Waals surface area (Å²) >= 11 is 7.33. The molecule has 4 aliphatic heterocycles. The van der Waals surface area contributed by atoms with E-state index in [0.717, 1.165) is 49.3 Å². The number of methoxy groups -OCH3 is 2. The second-order valence-corrected chi connectivity index (χ2v) is 14.3. The average molecular weight is 619 g/mol. The van der Waals surface area contributed by atoms with E-state index in [2.05, 4.69) is 70.0 Å². The van der Waals surface area contributed by atoms with E-state index >= 15 is 0 Å². The van der Waals surface area contributed by atoms with Crippen LogP contribution in [0.3, 0.4) is 0 Å². The summed E-state index contributed by atoms with van der Waals surface area (Å²) in [6.45, 7) is 8.26. The predicted molar refractivity (Wildman–Crippen MR) is 180 cm³/mol. The van der Waals surface area contributed by atoms with Gasteiger partial charge in [-0.15, -0.1) is 22.7 Å². The minimum absolute atomic E-state index is 0.914. The van der Waals surface area contributed by atoms with Crippen LogP contribution in [0, 0.1) is 0 Å². The highest BCUT2D eigenvalue weighted by atomic mass is 32.2. The standard InChI is InChI=1S/C16H16N2OS2.C15H14N2OS2/c1-3-12-15(18-7-6-17-16(18)21-12)14-9-10-8-11(19-2)4-5-13(10)20-14;1-9-14(17-6-5-16-15(17)19-9)13-8-10-7-11(18-2)3-4-12(10)20-13/h4-5,8-9H,3,6-7H2,1-2H3;3-4,7-8H,5-6H2,1-2H3. The number of thiophene rings is 2. The molecule has 0 aliphatic carbocycles. The third-order valence-electron chi connectivity index (χ3n) is 7.43. The molecular weight excluding hydrogens is 589 g/mol. The van der Waals surface area contributed by atoms with Gasteiger partial charge in [-0.05, 0) is 72.6 Å². The van der Waals surface area contributed by atoms with E-state index in [1.54, 1.807) is 26.0 Å². The fraction of sp³-hybridized carbons (Fsp3) is 0.290. The maximum Gasteiger partial charge on any atom is 0.168 e. The summed E-state index contributed by atoms with van der Waals surface area (Å²) in [5.74, 6) is 1.83. The van der Waals surface area contributed by atoms with E-state index in [0.29, 0.717) is 0 Å². The Balaban J connectivity index is 0.000000135. The number of thioether (sulfide) groups is 2. The Hall–Kier alpha value is -2.92. The number of nitrogens with zero attached hydrogens (tertiary/aromatic N) is 4. The molecule has 2 aromatic heterocycles. The SMILES string of the molecule is CCC1=C(c2cc3cc(OC)ccc3s2)N2CCN=C2S1.COc1ccc2sc(C3=C(C)SC4=NCCN43)cc2c1. The minimum atomic E-state index is 0.914. The van der Waals surface area contributed by atoms with Crippen molar-refractivity contribution in [1.29, 1.82) is 0 Å². The van der Waals surface area contributed by atoms with E-state index < -0.39 is 0 Å². The quantitative estimate of drug-likeness (QED) is 0.224. The maximum absolute atomic E-state index is 5.33. The van der Waals surface area contributed by atoms with Gasteiger partial charge in [0.05, 0.1) is 48.5 Å². The summed E-state index contributed by atoms with van der Waals surface area (Å²) < 4.78 is 13.2. The number of hydrogen-bond donors (Lipinski definition) is 0. The zero-order valence-electron chi connectivity index (χ0n) is 23.4. The molecule has 0 amide bonds. The van der Waals surface area contributed by atoms with Crippen molar-refractivity contribution in [1.82, 2.24) is 9.80 Å². The lowest BCUT2D eigenvalue weighted by atomic mass is 10.2. The first-order valence-corrected chi connectivity index (χ1v) is 16.9. The molecule has 0 radical (unpaired) electrons. The fourth-order valence-corrected chi connectivity index (χ4v) is 10.1. The van der Waals surface area contributed by atoms with E-state index in [1.165, 1.54) is 56.3 Å². The van der Waals surface area contributed by atoms with Crippen LogP contribution in [0.2, 0.25) is 0 Å². The van der Waals surface area contributed by atoms with E-state index in [9.17, 15) is 0 Å². The lowest BCUT2D eigenvalue weighted by Gasteiger charge is -2.15. The number of fused-ring (bicyclic) bond motifs is 4. The van der Waals surface area contributed by atoms with E-state index in [-0.39, 0.29) is 0 Å². The van der Waals surface area contributed by atoms with Crippen LogP contribution in [-0.2, 0) is 0 Å². The Labute approximate surface area is 256 Å². The number of aliphatic imine (C=N–C) groups is 2. The second kappa shape index (κ2) is 11.1. The number of rotatable bonds is 5. The van der Waals surface area contributed by atoms with Gasteiger partial charge < -0.3 is 19.3 Å². The third-order valence-corrected chi connectivity index (χ3v) is 12.0. The number of benzene rings is 2. The van der Waals surface area contributed by atoms with Crippen molar-refractivity contribution in [3.8, 4) is 11.5 Å². The molecule has 8 rings (SSSR count). The highest BCUT2D eigenvalue weighted by Gasteiger charge is 2.33. The molecule has 6 heterocycles. The summed E-state index contributed by atoms with van der Waals surface area (Å²) in [6.07, 6.45) is 1.06. The minimum Gasteiger partial charge on any atom is -0.497 e. The molecule has 0 atom stereocenters. The molecule has 10 heteroatoms. The Morgan fingerprint density at radius 2 is 1.27 bits per heavy atom. The van der Waals surface area contributed by atoms with E-state index in [1.807, 2.05) is 46.6 Å². The zero-order valence-corrected chi connectivity index (χ0v) is 26.7. The van der Waals surface area contributed by atoms with Crippen molar-refractivity contribution in [3.63, 3.8) is 0 Å². The monoisotopic (exact) mass is 618 g/mol. The van der Waals surface area contributed by atoms with Gasteiger partial charge in [0.2, 0.25) is 0 Å². The van der Waals surface area contributed by atoms with Gasteiger partial charge in [0.25, 0.3) is 0 Å². The van der Waals surface area contributed by atoms with Crippen LogP contribution in [0.4, 0.5) is 0 Å². The molecule has 210 valence electrons. The molecule has 0 saturated carbocycles. The first-order chi connectivity index (χ1) is 20.1. The third kappa shape index (κ3) is 4.84. The Morgan fingerprint density at radius 1 is 0.732 bits per heavy atom. The topological polar surface area (TPSA) is 49.7 Å². The first kappa shape index (κ1) is 26.9. The van der Waals surface area contributed by atoms with Gasteiger partial charge in [-0.1, -0.05) is 30.4 Å². The summed E-state index contributed by atoms with van der Waals surface area (Å²) in [6, 6.07) is 17.1. The molecule has 2 aromatic carbocycles. The summed E-state index contributed by atoms with van der Waals surface area (Å²) in [5.41, 5.74) is 2.71. The van der Waals surface area contributed by atoms with E-state index in [4.69, 9.17) is 9.47 Å². The van der Waals surface area contributed by atoms with Gasteiger partial charge in [-0.2, -0.15) is 0 Å². The van der Waals surface area contributed by atoms with Crippen LogP contribution >= 0.6 is 46.2 Å². The molecular formula is C31H30N4O2S4. The molecule has 0 N–H and O–H groups in total. The Kier molecular flexibility index (Phi) is 7.27. The van der Waals surface area contributed by atoms with Gasteiger partial charge in [0.15, 0.2) is 10.3 Å². The smallest absolute Gasteiger partial charge is 0.168 e. The van der Waals surface area contributed by atoms with Crippen molar-refractivity contribution in [3.05, 3.63) is 68.1 Å². The van der Waals surface area contributed by atoms with Crippen LogP contribution in [-0.4, -0.2) is 60.5 Å². The lowest BCUT2D eigenvalue weighted by Crippen LogP contribution is -2.19. The van der Waals surface area contributed by atoms with Gasteiger partial charge in [-0.3, -0.25) is 9.98 Å². The fourth-order valence-electron chi connectivity index (χ4n) is 5.47. The Morgan fingerprint density at radius 3 is 1.83 bits per heavy atom. The highest BCUT2D eigenvalue weighted by Crippen LogP contribution is 2.47. The average Bonchev–Trinajstić information content (AvgIpc) is 3.81. The molecule has 0 fully saturated rings. The van der Waals surface area contributed by atoms with Gasteiger partial charge in [0, 0.05) is 32.3 Å². The molecule has 0 unspecified atom stereocenters. The Bertz CT molecular complexity index is 1800. The molecule has 0 bridgehead atoms. The number of allylic oxidation sites excluding steroid dienone is 2. The van der Waals surface area contributed by atoms with Crippen molar-refractivity contribution in [2.45, 2.75) is 20.3 Å². The van der Waals surface area contributed by atoms with Crippen molar-refractivity contribution in [2.75, 3.05) is 40.4 Å². The zero-order chi connectivity index (χ0) is 28.1. The predicted octanol–water partition coefficient (Wildman–Crippen LogP) is 8.42. The van der Waals surface area contributed by atoms with Crippen LogP contribution in [0.1, 0.15) is 30.0 Å². The second-order valence-electron chi connectivity index (χ2n) is 9.89. The molecule has 4 aliphatic rings. The van der Waals surface area contributed by atoms with Crippen LogP contribution in [0.5, 0.6) is 11.5 Å². The summed E-state index contributed by atoms with van der Waals surface area (Å²) in [4.78, 5) is 19.3. The molecule has 6 nitrogen and oxygen atoms in total. The molecule has 0 saturated heterocycles. The largest absolute Gasteiger partial charge is 0.497 e. The first-order valence-electron chi connectivity index (χ1n) is 13.7. The van der Waals surface area contributed by atoms with Crippen molar-refractivity contribution >= 4 is 88.1 Å². The van der Waals surface area contributed by atoms with Crippen LogP contribution < -0.4 is 9.47 Å². The van der Waals surface area contributed by atoms with Crippen molar-refractivity contribution < 1.29 is 9.47 Å². The molecule has 0 spiro atoms. The van der Waals surface area contributed by atoms with Crippen LogP contribution in [0.25, 0.3) is 31.6 Å². The highest BCUT2D eigenvalue weighted by molar-refractivity contribution is 8.18. The van der Waals surface area contributed by atoms with Gasteiger partial charge >= 0.3 is 0 Å². The lowest BCUT2D eigenvalue weighted by molar-refractivity contribution is 0.415. The summed E-state index contributed by atoms with van der Waals surface area (Å²) in [7, 11) is 3.43. The van der Waals surface area contributed by atoms with Crippen molar-refractivity contribution in [2.24, 2.45) is 9.98 Å². The maximum atomic E-state index is 5.33. The number of hydrogen-bond acceptors (Lipinski definition) is 10. The normalized spacial score (nSPS) is 17.8. The molecule has 4 aromatic rings.